The Labute approximate surface area is 194 Å². The van der Waals surface area contributed by atoms with Crippen molar-refractivity contribution in [3.05, 3.63) is 65.5 Å². The predicted molar refractivity (Wildman–Crippen MR) is 124 cm³/mol. The largest absolute Gasteiger partial charge is 0.355 e. The molecule has 2 heterocycles. The van der Waals surface area contributed by atoms with Gasteiger partial charge < -0.3 is 9.84 Å². The van der Waals surface area contributed by atoms with Crippen molar-refractivity contribution in [2.45, 2.75) is 38.0 Å². The van der Waals surface area contributed by atoms with E-state index in [4.69, 9.17) is 4.52 Å². The number of benzene rings is 2. The van der Waals surface area contributed by atoms with E-state index in [-0.39, 0.29) is 23.3 Å². The summed E-state index contributed by atoms with van der Waals surface area (Å²) in [6.45, 7) is 4.53. The standard InChI is InChI=1S/C24H28N4O4S/c1-17-10-11-20(23-26-18(2)32-27-23)15-22(17)33(30,31)28-14-6-9-21(16-28)24(29)25-13-12-19-7-4-3-5-8-19/h3-5,7-8,10-11,15,21H,6,9,12-14,16H2,1-2H3,(H,25,29)/t21-/m0/s1. The fourth-order valence-electron chi connectivity index (χ4n) is 4.07. The van der Waals surface area contributed by atoms with Crippen LogP contribution in [-0.2, 0) is 21.2 Å². The van der Waals surface area contributed by atoms with Gasteiger partial charge in [-0.05, 0) is 43.4 Å². The molecule has 0 bridgehead atoms. The van der Waals surface area contributed by atoms with Crippen LogP contribution in [0, 0.1) is 19.8 Å². The molecule has 174 valence electrons. The molecule has 1 saturated heterocycles. The number of hydrogen-bond acceptors (Lipinski definition) is 6. The van der Waals surface area contributed by atoms with Gasteiger partial charge in [-0.25, -0.2) is 8.42 Å². The number of amides is 1. The van der Waals surface area contributed by atoms with Gasteiger partial charge in [-0.15, -0.1) is 0 Å². The topological polar surface area (TPSA) is 105 Å². The van der Waals surface area contributed by atoms with E-state index in [9.17, 15) is 13.2 Å². The first-order chi connectivity index (χ1) is 15.8. The molecule has 0 saturated carbocycles. The van der Waals surface area contributed by atoms with Crippen LogP contribution >= 0.6 is 0 Å². The average molecular weight is 469 g/mol. The highest BCUT2D eigenvalue weighted by atomic mass is 32.2. The van der Waals surface area contributed by atoms with Crippen LogP contribution in [0.15, 0.2) is 57.9 Å². The van der Waals surface area contributed by atoms with Gasteiger partial charge in [-0.1, -0.05) is 47.6 Å². The molecule has 2 aromatic carbocycles. The molecule has 9 heteroatoms. The van der Waals surface area contributed by atoms with Crippen LogP contribution in [-0.4, -0.2) is 48.4 Å². The van der Waals surface area contributed by atoms with Gasteiger partial charge in [-0.3, -0.25) is 4.79 Å². The number of rotatable bonds is 7. The van der Waals surface area contributed by atoms with Gasteiger partial charge in [0.15, 0.2) is 0 Å². The highest BCUT2D eigenvalue weighted by Gasteiger charge is 2.34. The maximum atomic E-state index is 13.5. The minimum Gasteiger partial charge on any atom is -0.355 e. The van der Waals surface area contributed by atoms with Crippen molar-refractivity contribution in [3.63, 3.8) is 0 Å². The van der Waals surface area contributed by atoms with Crippen molar-refractivity contribution < 1.29 is 17.7 Å². The maximum Gasteiger partial charge on any atom is 0.243 e. The van der Waals surface area contributed by atoms with E-state index in [1.54, 1.807) is 32.0 Å². The molecule has 1 amide bonds. The van der Waals surface area contributed by atoms with E-state index in [1.165, 1.54) is 4.31 Å². The van der Waals surface area contributed by atoms with Crippen LogP contribution in [0.1, 0.15) is 29.9 Å². The first-order valence-electron chi connectivity index (χ1n) is 11.1. The van der Waals surface area contributed by atoms with Crippen molar-refractivity contribution >= 4 is 15.9 Å². The smallest absolute Gasteiger partial charge is 0.243 e. The van der Waals surface area contributed by atoms with Crippen LogP contribution in [0.25, 0.3) is 11.4 Å². The van der Waals surface area contributed by atoms with Crippen LogP contribution in [0.3, 0.4) is 0 Å². The highest BCUT2D eigenvalue weighted by molar-refractivity contribution is 7.89. The Morgan fingerprint density at radius 2 is 1.97 bits per heavy atom. The monoisotopic (exact) mass is 468 g/mol. The summed E-state index contributed by atoms with van der Waals surface area (Å²) < 4.78 is 33.4. The van der Waals surface area contributed by atoms with E-state index in [0.29, 0.717) is 48.8 Å². The van der Waals surface area contributed by atoms with Gasteiger partial charge in [0, 0.05) is 32.1 Å². The first kappa shape index (κ1) is 23.1. The summed E-state index contributed by atoms with van der Waals surface area (Å²) in [5.41, 5.74) is 2.36. The highest BCUT2D eigenvalue weighted by Crippen LogP contribution is 2.29. The summed E-state index contributed by atoms with van der Waals surface area (Å²) in [6.07, 6.45) is 2.05. The second kappa shape index (κ2) is 9.84. The first-order valence-corrected chi connectivity index (χ1v) is 12.5. The van der Waals surface area contributed by atoms with E-state index in [0.717, 1.165) is 12.0 Å². The van der Waals surface area contributed by atoms with E-state index in [1.807, 2.05) is 30.3 Å². The molecule has 0 unspecified atom stereocenters. The summed E-state index contributed by atoms with van der Waals surface area (Å²) in [5, 5.41) is 6.86. The van der Waals surface area contributed by atoms with Crippen molar-refractivity contribution in [1.82, 2.24) is 19.8 Å². The number of nitrogens with one attached hydrogen (secondary N) is 1. The van der Waals surface area contributed by atoms with Crippen LogP contribution in [0.4, 0.5) is 0 Å². The minimum absolute atomic E-state index is 0.0985. The van der Waals surface area contributed by atoms with Gasteiger partial charge in [0.2, 0.25) is 27.6 Å². The quantitative estimate of drug-likeness (QED) is 0.571. The summed E-state index contributed by atoms with van der Waals surface area (Å²) in [7, 11) is -3.78. The normalized spacial score (nSPS) is 17.1. The minimum atomic E-state index is -3.78. The Kier molecular flexibility index (Phi) is 6.90. The van der Waals surface area contributed by atoms with Crippen molar-refractivity contribution in [1.29, 1.82) is 0 Å². The van der Waals surface area contributed by atoms with Crippen LogP contribution in [0.5, 0.6) is 0 Å². The molecule has 1 aliphatic rings. The zero-order valence-corrected chi connectivity index (χ0v) is 19.6. The molecule has 1 aromatic heterocycles. The lowest BCUT2D eigenvalue weighted by molar-refractivity contribution is -0.126. The zero-order valence-electron chi connectivity index (χ0n) is 18.8. The molecular weight excluding hydrogens is 440 g/mol. The predicted octanol–water partition coefficient (Wildman–Crippen LogP) is 3.11. The Hall–Kier alpha value is -3.04. The average Bonchev–Trinajstić information content (AvgIpc) is 3.26. The number of carbonyl (C=O) groups is 1. The third-order valence-electron chi connectivity index (χ3n) is 5.90. The Bertz CT molecular complexity index is 1220. The molecule has 0 radical (unpaired) electrons. The molecular formula is C24H28N4O4S. The molecule has 8 nitrogen and oxygen atoms in total. The number of hydrogen-bond donors (Lipinski definition) is 1. The van der Waals surface area contributed by atoms with Gasteiger partial charge in [0.25, 0.3) is 0 Å². The third-order valence-corrected chi connectivity index (χ3v) is 7.91. The van der Waals surface area contributed by atoms with Crippen molar-refractivity contribution in [2.24, 2.45) is 5.92 Å². The van der Waals surface area contributed by atoms with Gasteiger partial charge in [-0.2, -0.15) is 9.29 Å². The van der Waals surface area contributed by atoms with Crippen LogP contribution in [0.2, 0.25) is 0 Å². The molecule has 33 heavy (non-hydrogen) atoms. The van der Waals surface area contributed by atoms with Gasteiger partial charge in [0.05, 0.1) is 10.8 Å². The van der Waals surface area contributed by atoms with Gasteiger partial charge in [0.1, 0.15) is 0 Å². The maximum absolute atomic E-state index is 13.5. The van der Waals surface area contributed by atoms with Crippen LogP contribution < -0.4 is 5.32 Å². The van der Waals surface area contributed by atoms with E-state index < -0.39 is 10.0 Å². The third kappa shape index (κ3) is 5.31. The number of nitrogens with zero attached hydrogens (tertiary/aromatic N) is 3. The number of aryl methyl sites for hydroxylation is 2. The second-order valence-corrected chi connectivity index (χ2v) is 10.3. The lowest BCUT2D eigenvalue weighted by Gasteiger charge is -2.31. The van der Waals surface area contributed by atoms with Gasteiger partial charge >= 0.3 is 0 Å². The van der Waals surface area contributed by atoms with E-state index >= 15 is 0 Å². The summed E-state index contributed by atoms with van der Waals surface area (Å²) >= 11 is 0. The molecule has 0 spiro atoms. The van der Waals surface area contributed by atoms with Crippen molar-refractivity contribution in [3.8, 4) is 11.4 Å². The number of sulfonamides is 1. The molecule has 1 aliphatic heterocycles. The lowest BCUT2D eigenvalue weighted by atomic mass is 9.99. The number of aromatic nitrogens is 2. The second-order valence-electron chi connectivity index (χ2n) is 8.35. The molecule has 1 fully saturated rings. The summed E-state index contributed by atoms with van der Waals surface area (Å²) in [6, 6.07) is 15.0. The number of piperidine rings is 1. The molecule has 4 rings (SSSR count). The SMILES string of the molecule is Cc1nc(-c2ccc(C)c(S(=O)(=O)N3CCC[C@H](C(=O)NCCc4ccccc4)C3)c2)no1. The Morgan fingerprint density at radius 1 is 1.18 bits per heavy atom. The lowest BCUT2D eigenvalue weighted by Crippen LogP contribution is -2.45. The summed E-state index contributed by atoms with van der Waals surface area (Å²) in [4.78, 5) is 17.1. The number of carbonyl (C=O) groups excluding carboxylic acids is 1. The molecule has 1 atom stereocenters. The summed E-state index contributed by atoms with van der Waals surface area (Å²) in [5.74, 6) is 0.289. The van der Waals surface area contributed by atoms with E-state index in [2.05, 4.69) is 15.5 Å². The fraction of sp³-hybridized carbons (Fsp3) is 0.375. The van der Waals surface area contributed by atoms with Crippen molar-refractivity contribution in [2.75, 3.05) is 19.6 Å². The molecule has 1 N–H and O–H groups in total. The fourth-order valence-corrected chi connectivity index (χ4v) is 5.84. The molecule has 3 aromatic rings. The molecule has 0 aliphatic carbocycles. The zero-order chi connectivity index (χ0) is 23.4. The Morgan fingerprint density at radius 3 is 2.70 bits per heavy atom. The Balaban J connectivity index is 1.45.